The van der Waals surface area contributed by atoms with Gasteiger partial charge in [-0.15, -0.1) is 0 Å². The van der Waals surface area contributed by atoms with Gasteiger partial charge in [0, 0.05) is 20.1 Å². The van der Waals surface area contributed by atoms with E-state index < -0.39 is 0 Å². The lowest BCUT2D eigenvalue weighted by Gasteiger charge is -2.35. The Bertz CT molecular complexity index is 1020. The Kier molecular flexibility index (Phi) is 7.60. The van der Waals surface area contributed by atoms with Crippen molar-refractivity contribution in [1.29, 1.82) is 0 Å². The van der Waals surface area contributed by atoms with E-state index in [2.05, 4.69) is 13.8 Å². The Morgan fingerprint density at radius 3 is 2.56 bits per heavy atom. The molecule has 0 aliphatic carbocycles. The van der Waals surface area contributed by atoms with Gasteiger partial charge in [0.15, 0.2) is 11.5 Å². The van der Waals surface area contributed by atoms with E-state index in [9.17, 15) is 9.59 Å². The van der Waals surface area contributed by atoms with Crippen molar-refractivity contribution >= 4 is 11.8 Å². The summed E-state index contributed by atoms with van der Waals surface area (Å²) in [5.41, 5.74) is 1.46. The topological polar surface area (TPSA) is 68.3 Å². The van der Waals surface area contributed by atoms with Crippen LogP contribution in [-0.4, -0.2) is 61.2 Å². The van der Waals surface area contributed by atoms with Crippen molar-refractivity contribution in [2.24, 2.45) is 5.92 Å². The maximum Gasteiger partial charge on any atom is 0.257 e. The van der Waals surface area contributed by atoms with Gasteiger partial charge in [0.1, 0.15) is 12.4 Å². The van der Waals surface area contributed by atoms with E-state index in [0.717, 1.165) is 24.8 Å². The van der Waals surface area contributed by atoms with Crippen molar-refractivity contribution in [1.82, 2.24) is 9.80 Å². The minimum Gasteiger partial charge on any atom is -0.491 e. The fraction of sp³-hybridized carbons (Fsp3) is 0.481. The molecular formula is C27H34N2O5. The Hall–Kier alpha value is -3.22. The number of amides is 2. The number of fused-ring (bicyclic) bond motifs is 2. The molecule has 2 aromatic carbocycles. The third-order valence-electron chi connectivity index (χ3n) is 6.55. The second-order valence-corrected chi connectivity index (χ2v) is 9.36. The van der Waals surface area contributed by atoms with Crippen molar-refractivity contribution in [2.75, 3.05) is 33.5 Å². The smallest absolute Gasteiger partial charge is 0.257 e. The molecule has 0 unspecified atom stereocenters. The van der Waals surface area contributed by atoms with Crippen molar-refractivity contribution in [3.05, 3.63) is 53.6 Å². The fourth-order valence-electron chi connectivity index (χ4n) is 4.50. The molecule has 7 heteroatoms. The average Bonchev–Trinajstić information content (AvgIpc) is 3.29. The number of hydrogen-bond donors (Lipinski definition) is 0. The molecule has 0 N–H and O–H groups in total. The standard InChI is InChI=1S/C27H34N2O5/c1-19(2)22-17-32-23-10-6-5-9-21(23)27(31)28(3)13-7-4-8-14-29(22)26(30)16-20-11-12-24-25(15-20)34-18-33-24/h5-6,9-12,15,19,22H,4,7-8,13-14,16-18H2,1-3H3/t22-/m1/s1. The van der Waals surface area contributed by atoms with Crippen molar-refractivity contribution in [2.45, 2.75) is 45.6 Å². The molecule has 1 atom stereocenters. The zero-order valence-electron chi connectivity index (χ0n) is 20.3. The summed E-state index contributed by atoms with van der Waals surface area (Å²) in [6.07, 6.45) is 3.00. The van der Waals surface area contributed by atoms with E-state index in [4.69, 9.17) is 14.2 Å². The number of carbonyl (C=O) groups excluding carboxylic acids is 2. The van der Waals surface area contributed by atoms with Crippen molar-refractivity contribution in [3.63, 3.8) is 0 Å². The van der Waals surface area contributed by atoms with Crippen LogP contribution in [-0.2, 0) is 11.2 Å². The molecular weight excluding hydrogens is 432 g/mol. The molecule has 0 radical (unpaired) electrons. The highest BCUT2D eigenvalue weighted by molar-refractivity contribution is 5.96. The van der Waals surface area contributed by atoms with Crippen LogP contribution in [0.3, 0.4) is 0 Å². The number of nitrogens with zero attached hydrogens (tertiary/aromatic N) is 2. The lowest BCUT2D eigenvalue weighted by Crippen LogP contribution is -2.47. The summed E-state index contributed by atoms with van der Waals surface area (Å²) in [6.45, 7) is 6.10. The normalized spacial score (nSPS) is 19.1. The maximum atomic E-state index is 13.6. The van der Waals surface area contributed by atoms with Crippen LogP contribution in [0, 0.1) is 5.92 Å². The molecule has 4 rings (SSSR count). The SMILES string of the molecule is CC(C)[C@H]1COc2ccccc2C(=O)N(C)CCCCCN1C(=O)Cc1ccc2c(c1)OCO2. The number of carbonyl (C=O) groups is 2. The van der Waals surface area contributed by atoms with E-state index in [1.54, 1.807) is 11.0 Å². The quantitative estimate of drug-likeness (QED) is 0.680. The van der Waals surface area contributed by atoms with E-state index in [1.807, 2.05) is 48.3 Å². The highest BCUT2D eigenvalue weighted by Gasteiger charge is 2.28. The molecule has 182 valence electrons. The Morgan fingerprint density at radius 1 is 0.971 bits per heavy atom. The highest BCUT2D eigenvalue weighted by Crippen LogP contribution is 2.33. The number of rotatable bonds is 3. The second-order valence-electron chi connectivity index (χ2n) is 9.36. The fourth-order valence-corrected chi connectivity index (χ4v) is 4.50. The van der Waals surface area contributed by atoms with Gasteiger partial charge in [0.05, 0.1) is 18.0 Å². The van der Waals surface area contributed by atoms with Crippen LogP contribution in [0.25, 0.3) is 0 Å². The van der Waals surface area contributed by atoms with Gasteiger partial charge in [-0.2, -0.15) is 0 Å². The van der Waals surface area contributed by atoms with E-state index in [1.165, 1.54) is 0 Å². The van der Waals surface area contributed by atoms with Gasteiger partial charge in [-0.3, -0.25) is 9.59 Å². The minimum absolute atomic E-state index is 0.0355. The zero-order valence-corrected chi connectivity index (χ0v) is 20.3. The Labute approximate surface area is 201 Å². The molecule has 0 saturated carbocycles. The molecule has 2 aromatic rings. The molecule has 0 spiro atoms. The van der Waals surface area contributed by atoms with Gasteiger partial charge in [0.25, 0.3) is 5.91 Å². The van der Waals surface area contributed by atoms with Gasteiger partial charge >= 0.3 is 0 Å². The van der Waals surface area contributed by atoms with Crippen molar-refractivity contribution < 1.29 is 23.8 Å². The van der Waals surface area contributed by atoms with E-state index in [-0.39, 0.29) is 37.0 Å². The molecule has 0 aromatic heterocycles. The molecule has 7 nitrogen and oxygen atoms in total. The number of hydrogen-bond acceptors (Lipinski definition) is 5. The predicted octanol–water partition coefficient (Wildman–Crippen LogP) is 4.15. The molecule has 0 fully saturated rings. The lowest BCUT2D eigenvalue weighted by atomic mass is 10.0. The molecule has 2 heterocycles. The van der Waals surface area contributed by atoms with Crippen LogP contribution in [0.1, 0.15) is 49.0 Å². The molecule has 2 aliphatic heterocycles. The van der Waals surface area contributed by atoms with Crippen LogP contribution >= 0.6 is 0 Å². The summed E-state index contributed by atoms with van der Waals surface area (Å²) in [5.74, 6) is 2.18. The predicted molar refractivity (Wildman–Crippen MR) is 129 cm³/mol. The summed E-state index contributed by atoms with van der Waals surface area (Å²) in [6, 6.07) is 12.9. The summed E-state index contributed by atoms with van der Waals surface area (Å²) >= 11 is 0. The first kappa shape index (κ1) is 23.9. The monoisotopic (exact) mass is 466 g/mol. The van der Waals surface area contributed by atoms with Gasteiger partial charge in [-0.1, -0.05) is 32.0 Å². The molecule has 0 saturated heterocycles. The number of para-hydroxylation sites is 1. The van der Waals surface area contributed by atoms with Crippen LogP contribution in [0.5, 0.6) is 17.2 Å². The molecule has 34 heavy (non-hydrogen) atoms. The molecule has 2 amide bonds. The van der Waals surface area contributed by atoms with Crippen molar-refractivity contribution in [3.8, 4) is 17.2 Å². The first-order chi connectivity index (χ1) is 16.4. The summed E-state index contributed by atoms with van der Waals surface area (Å²) in [7, 11) is 1.83. The first-order valence-corrected chi connectivity index (χ1v) is 12.1. The average molecular weight is 467 g/mol. The summed E-state index contributed by atoms with van der Waals surface area (Å²) in [5, 5.41) is 0. The maximum absolute atomic E-state index is 13.6. The van der Waals surface area contributed by atoms with Gasteiger partial charge in [-0.25, -0.2) is 0 Å². The van der Waals surface area contributed by atoms with Gasteiger partial charge in [-0.05, 0) is 55.0 Å². The third-order valence-corrected chi connectivity index (χ3v) is 6.55. The van der Waals surface area contributed by atoms with Crippen LogP contribution in [0.15, 0.2) is 42.5 Å². The minimum atomic E-state index is -0.108. The van der Waals surface area contributed by atoms with E-state index in [0.29, 0.717) is 42.5 Å². The van der Waals surface area contributed by atoms with Crippen LogP contribution in [0.2, 0.25) is 0 Å². The lowest BCUT2D eigenvalue weighted by molar-refractivity contribution is -0.134. The number of benzene rings is 2. The van der Waals surface area contributed by atoms with Crippen LogP contribution < -0.4 is 14.2 Å². The first-order valence-electron chi connectivity index (χ1n) is 12.1. The summed E-state index contributed by atoms with van der Waals surface area (Å²) < 4.78 is 17.1. The van der Waals surface area contributed by atoms with E-state index >= 15 is 0 Å². The van der Waals surface area contributed by atoms with Gasteiger partial charge in [0.2, 0.25) is 12.7 Å². The number of ether oxygens (including phenoxy) is 3. The molecule has 2 aliphatic rings. The Balaban J connectivity index is 1.56. The summed E-state index contributed by atoms with van der Waals surface area (Å²) in [4.78, 5) is 30.3. The van der Waals surface area contributed by atoms with Gasteiger partial charge < -0.3 is 24.0 Å². The second kappa shape index (κ2) is 10.8. The molecule has 0 bridgehead atoms. The Morgan fingerprint density at radius 2 is 1.74 bits per heavy atom. The highest BCUT2D eigenvalue weighted by atomic mass is 16.7. The largest absolute Gasteiger partial charge is 0.491 e. The van der Waals surface area contributed by atoms with Crippen LogP contribution in [0.4, 0.5) is 0 Å². The zero-order chi connectivity index (χ0) is 24.1. The third kappa shape index (κ3) is 5.46.